The van der Waals surface area contributed by atoms with Crippen molar-refractivity contribution in [1.82, 2.24) is 4.31 Å². The van der Waals surface area contributed by atoms with E-state index in [1.165, 1.54) is 11.4 Å². The molecule has 7 nitrogen and oxygen atoms in total. The third-order valence-corrected chi connectivity index (χ3v) is 7.90. The van der Waals surface area contributed by atoms with Gasteiger partial charge in [0.05, 0.1) is 29.5 Å². The van der Waals surface area contributed by atoms with Gasteiger partial charge in [-0.2, -0.15) is 4.31 Å². The van der Waals surface area contributed by atoms with Gasteiger partial charge in [0.15, 0.2) is 0 Å². The topological polar surface area (TPSA) is 84.0 Å². The van der Waals surface area contributed by atoms with Crippen LogP contribution in [0.4, 0.5) is 5.69 Å². The molecule has 1 aromatic rings. The lowest BCUT2D eigenvalue weighted by Gasteiger charge is -2.31. The Morgan fingerprint density at radius 1 is 1.19 bits per heavy atom. The number of sulfonamides is 1. The molecule has 1 atom stereocenters. The number of hydrogen-bond donors (Lipinski definition) is 0. The van der Waals surface area contributed by atoms with E-state index in [0.717, 1.165) is 29.7 Å². The number of carbonyl (C=O) groups excluding carboxylic acids is 2. The Kier molecular flexibility index (Phi) is 4.50. The van der Waals surface area contributed by atoms with E-state index in [-0.39, 0.29) is 28.6 Å². The van der Waals surface area contributed by atoms with Crippen LogP contribution in [-0.4, -0.2) is 51.3 Å². The number of aryl methyl sites for hydroxylation is 1. The minimum Gasteiger partial charge on any atom is -0.469 e. The molecule has 3 heterocycles. The highest BCUT2D eigenvalue weighted by Gasteiger charge is 2.40. The van der Waals surface area contributed by atoms with Gasteiger partial charge in [-0.15, -0.1) is 0 Å². The van der Waals surface area contributed by atoms with E-state index < -0.39 is 10.0 Å². The van der Waals surface area contributed by atoms with Crippen molar-refractivity contribution in [2.24, 2.45) is 5.92 Å². The summed E-state index contributed by atoms with van der Waals surface area (Å²) in [4.78, 5) is 26.2. The molecule has 1 aromatic carbocycles. The van der Waals surface area contributed by atoms with Gasteiger partial charge in [-0.25, -0.2) is 8.42 Å². The molecule has 0 radical (unpaired) electrons. The van der Waals surface area contributed by atoms with E-state index in [9.17, 15) is 18.0 Å². The predicted octanol–water partition coefficient (Wildman–Crippen LogP) is 1.66. The lowest BCUT2D eigenvalue weighted by Crippen LogP contribution is -2.40. The van der Waals surface area contributed by atoms with Gasteiger partial charge in [0.1, 0.15) is 0 Å². The molecule has 0 spiro atoms. The number of anilines is 1. The fraction of sp³-hybridized carbons (Fsp3) is 0.579. The summed E-state index contributed by atoms with van der Waals surface area (Å²) in [5.74, 6) is -0.772. The van der Waals surface area contributed by atoms with Crippen molar-refractivity contribution >= 4 is 27.6 Å². The van der Waals surface area contributed by atoms with Crippen LogP contribution >= 0.6 is 0 Å². The number of amides is 1. The molecular weight excluding hydrogens is 368 g/mol. The third kappa shape index (κ3) is 2.86. The number of methoxy groups -OCH3 is 1. The molecule has 27 heavy (non-hydrogen) atoms. The fourth-order valence-corrected chi connectivity index (χ4v) is 6.02. The number of esters is 1. The summed E-state index contributed by atoms with van der Waals surface area (Å²) in [6, 6.07) is 3.41. The van der Waals surface area contributed by atoms with Crippen LogP contribution in [0, 0.1) is 5.92 Å². The summed E-state index contributed by atoms with van der Waals surface area (Å²) in [6.45, 7) is 3.15. The van der Waals surface area contributed by atoms with Crippen LogP contribution in [0.5, 0.6) is 0 Å². The molecule has 146 valence electrons. The average molecular weight is 392 g/mol. The van der Waals surface area contributed by atoms with Crippen molar-refractivity contribution in [3.8, 4) is 0 Å². The predicted molar refractivity (Wildman–Crippen MR) is 99.0 cm³/mol. The lowest BCUT2D eigenvalue weighted by molar-refractivity contribution is -0.146. The average Bonchev–Trinajstić information content (AvgIpc) is 2.94. The van der Waals surface area contributed by atoms with Gasteiger partial charge in [0.2, 0.25) is 15.9 Å². The van der Waals surface area contributed by atoms with E-state index in [0.29, 0.717) is 32.5 Å². The minimum absolute atomic E-state index is 0.0550. The van der Waals surface area contributed by atoms with Crippen molar-refractivity contribution in [1.29, 1.82) is 0 Å². The molecule has 0 unspecified atom stereocenters. The van der Waals surface area contributed by atoms with Crippen LogP contribution in [0.25, 0.3) is 0 Å². The number of hydrogen-bond acceptors (Lipinski definition) is 5. The quantitative estimate of drug-likeness (QED) is 0.731. The van der Waals surface area contributed by atoms with Crippen LogP contribution < -0.4 is 4.90 Å². The monoisotopic (exact) mass is 392 g/mol. The largest absolute Gasteiger partial charge is 0.469 e. The maximum atomic E-state index is 13.2. The molecule has 8 heteroatoms. The Labute approximate surface area is 159 Å². The van der Waals surface area contributed by atoms with Gasteiger partial charge in [-0.1, -0.05) is 0 Å². The fourth-order valence-electron chi connectivity index (χ4n) is 4.46. The molecule has 1 fully saturated rings. The highest BCUT2D eigenvalue weighted by atomic mass is 32.2. The molecule has 0 N–H and O–H groups in total. The van der Waals surface area contributed by atoms with E-state index >= 15 is 0 Å². The molecular formula is C19H24N2O5S. The van der Waals surface area contributed by atoms with Gasteiger partial charge < -0.3 is 9.64 Å². The minimum atomic E-state index is -3.65. The summed E-state index contributed by atoms with van der Waals surface area (Å²) in [7, 11) is -2.30. The Hall–Kier alpha value is -1.93. The number of piperidine rings is 1. The molecule has 3 aliphatic rings. The smallest absolute Gasteiger partial charge is 0.308 e. The van der Waals surface area contributed by atoms with Crippen LogP contribution in [0.1, 0.15) is 43.2 Å². The summed E-state index contributed by atoms with van der Waals surface area (Å²) < 4.78 is 32.6. The van der Waals surface area contributed by atoms with Gasteiger partial charge in [-0.3, -0.25) is 9.59 Å². The number of benzene rings is 1. The SMILES string of the molecule is COC(=O)C1CCN(S(=O)(=O)c2cc3c4c(c2)[C@H](C)C(=O)N4CCC3)CC1. The Bertz CT molecular complexity index is 903. The molecule has 4 rings (SSSR count). The molecule has 3 aliphatic heterocycles. The maximum absolute atomic E-state index is 13.2. The van der Waals surface area contributed by atoms with Crippen molar-refractivity contribution in [3.05, 3.63) is 23.3 Å². The van der Waals surface area contributed by atoms with Gasteiger partial charge >= 0.3 is 5.97 Å². The Morgan fingerprint density at radius 2 is 1.89 bits per heavy atom. The Morgan fingerprint density at radius 3 is 2.56 bits per heavy atom. The zero-order chi connectivity index (χ0) is 19.3. The summed E-state index contributed by atoms with van der Waals surface area (Å²) in [5.41, 5.74) is 2.68. The van der Waals surface area contributed by atoms with Crippen molar-refractivity contribution < 1.29 is 22.7 Å². The van der Waals surface area contributed by atoms with E-state index in [1.54, 1.807) is 17.0 Å². The Balaban J connectivity index is 1.65. The number of carbonyl (C=O) groups is 2. The van der Waals surface area contributed by atoms with Crippen LogP contribution in [0.15, 0.2) is 17.0 Å². The second-order valence-corrected chi connectivity index (χ2v) is 9.47. The summed E-state index contributed by atoms with van der Waals surface area (Å²) in [6.07, 6.45) is 2.56. The normalized spacial score (nSPS) is 23.4. The first-order valence-electron chi connectivity index (χ1n) is 9.40. The van der Waals surface area contributed by atoms with Crippen molar-refractivity contribution in [2.45, 2.75) is 43.4 Å². The van der Waals surface area contributed by atoms with Crippen LogP contribution in [-0.2, 0) is 30.8 Å². The van der Waals surface area contributed by atoms with Crippen LogP contribution in [0.3, 0.4) is 0 Å². The zero-order valence-corrected chi connectivity index (χ0v) is 16.4. The molecule has 1 saturated heterocycles. The second kappa shape index (κ2) is 6.60. The highest BCUT2D eigenvalue weighted by molar-refractivity contribution is 7.89. The van der Waals surface area contributed by atoms with Gasteiger partial charge in [0, 0.05) is 19.6 Å². The highest BCUT2D eigenvalue weighted by Crippen LogP contribution is 2.44. The molecule has 0 aliphatic carbocycles. The standard InChI is InChI=1S/C19H24N2O5S/c1-12-16-11-15(10-14-4-3-7-21(17(14)16)18(12)22)27(24,25)20-8-5-13(6-9-20)19(23)26-2/h10-13H,3-9H2,1-2H3/t12-/m0/s1. The van der Waals surface area contributed by atoms with Gasteiger partial charge in [0.25, 0.3) is 0 Å². The molecule has 1 amide bonds. The van der Waals surface area contributed by atoms with Crippen molar-refractivity contribution in [3.63, 3.8) is 0 Å². The zero-order valence-electron chi connectivity index (χ0n) is 15.6. The first-order chi connectivity index (χ1) is 12.8. The first kappa shape index (κ1) is 18.4. The lowest BCUT2D eigenvalue weighted by atomic mass is 9.97. The molecule has 0 bridgehead atoms. The summed E-state index contributed by atoms with van der Waals surface area (Å²) in [5, 5.41) is 0. The number of ether oxygens (including phenoxy) is 1. The second-order valence-electron chi connectivity index (χ2n) is 7.54. The van der Waals surface area contributed by atoms with E-state index in [2.05, 4.69) is 0 Å². The number of nitrogens with zero attached hydrogens (tertiary/aromatic N) is 2. The maximum Gasteiger partial charge on any atom is 0.308 e. The van der Waals surface area contributed by atoms with Crippen LogP contribution in [0.2, 0.25) is 0 Å². The third-order valence-electron chi connectivity index (χ3n) is 6.02. The van der Waals surface area contributed by atoms with E-state index in [4.69, 9.17) is 4.74 Å². The summed E-state index contributed by atoms with van der Waals surface area (Å²) >= 11 is 0. The van der Waals surface area contributed by atoms with E-state index in [1.807, 2.05) is 6.92 Å². The first-order valence-corrected chi connectivity index (χ1v) is 10.8. The molecule has 0 aromatic heterocycles. The van der Waals surface area contributed by atoms with Gasteiger partial charge in [-0.05, 0) is 55.9 Å². The molecule has 0 saturated carbocycles. The number of rotatable bonds is 3. The van der Waals surface area contributed by atoms with Crippen molar-refractivity contribution in [2.75, 3.05) is 31.6 Å².